The Kier molecular flexibility index (Phi) is 5.45. The van der Waals surface area contributed by atoms with Crippen LogP contribution in [-0.2, 0) is 12.8 Å². The van der Waals surface area contributed by atoms with Gasteiger partial charge in [0.2, 0.25) is 0 Å². The van der Waals surface area contributed by atoms with E-state index in [1.165, 1.54) is 23.3 Å². The molecule has 0 aliphatic rings. The largest absolute Gasteiger partial charge is 0.207 e. The number of hydrogen-bond donors (Lipinski definition) is 0. The average molecular weight is 311 g/mol. The van der Waals surface area contributed by atoms with Crippen LogP contribution in [0.2, 0.25) is 5.02 Å². The first-order valence-corrected chi connectivity index (χ1v) is 7.55. The molecule has 2 aromatic carbocycles. The maximum Gasteiger partial charge on any atom is 0.124 e. The summed E-state index contributed by atoms with van der Waals surface area (Å²) in [4.78, 5) is 0. The molecule has 0 saturated heterocycles. The van der Waals surface area contributed by atoms with Gasteiger partial charge in [-0.05, 0) is 54.5 Å². The number of aryl methyl sites for hydroxylation is 1. The maximum absolute atomic E-state index is 13.1. The molecule has 0 amide bonds. The average Bonchev–Trinajstić information content (AvgIpc) is 2.43. The zero-order valence-corrected chi connectivity index (χ0v) is 12.9. The van der Waals surface area contributed by atoms with Gasteiger partial charge in [-0.1, -0.05) is 41.9 Å². The van der Waals surface area contributed by atoms with E-state index in [2.05, 4.69) is 19.1 Å². The van der Waals surface area contributed by atoms with Gasteiger partial charge in [0.15, 0.2) is 0 Å². The van der Waals surface area contributed by atoms with Crippen molar-refractivity contribution in [1.82, 2.24) is 0 Å². The van der Waals surface area contributed by atoms with E-state index in [4.69, 9.17) is 23.2 Å². The molecule has 0 aliphatic carbocycles. The fourth-order valence-corrected chi connectivity index (χ4v) is 2.79. The monoisotopic (exact) mass is 310 g/mol. The van der Waals surface area contributed by atoms with E-state index in [-0.39, 0.29) is 5.82 Å². The summed E-state index contributed by atoms with van der Waals surface area (Å²) in [6, 6.07) is 12.8. The molecular weight excluding hydrogens is 294 g/mol. The minimum atomic E-state index is -0.305. The standard InChI is InChI=1S/C17H17Cl2F/c1-12-4-2-3-5-14(12)8-13(11-18)9-15-6-7-16(20)10-17(15)19/h2-7,10,13H,8-9,11H2,1H3. The van der Waals surface area contributed by atoms with Gasteiger partial charge in [0.25, 0.3) is 0 Å². The van der Waals surface area contributed by atoms with Crippen molar-refractivity contribution in [1.29, 1.82) is 0 Å². The Hall–Kier alpha value is -1.05. The molecule has 0 nitrogen and oxygen atoms in total. The third-order valence-electron chi connectivity index (χ3n) is 3.51. The van der Waals surface area contributed by atoms with Crippen LogP contribution >= 0.6 is 23.2 Å². The van der Waals surface area contributed by atoms with Crippen LogP contribution in [0.4, 0.5) is 4.39 Å². The zero-order valence-electron chi connectivity index (χ0n) is 11.4. The fourth-order valence-electron chi connectivity index (χ4n) is 2.33. The van der Waals surface area contributed by atoms with Crippen molar-refractivity contribution in [2.75, 3.05) is 5.88 Å². The highest BCUT2D eigenvalue weighted by molar-refractivity contribution is 6.31. The molecule has 1 unspecified atom stereocenters. The third kappa shape index (κ3) is 3.97. The SMILES string of the molecule is Cc1ccccc1CC(CCl)Cc1ccc(F)cc1Cl. The number of hydrogen-bond acceptors (Lipinski definition) is 0. The van der Waals surface area contributed by atoms with Gasteiger partial charge < -0.3 is 0 Å². The Morgan fingerprint density at radius 3 is 2.40 bits per heavy atom. The van der Waals surface area contributed by atoms with E-state index in [9.17, 15) is 4.39 Å². The molecule has 1 atom stereocenters. The van der Waals surface area contributed by atoms with Crippen molar-refractivity contribution in [3.05, 3.63) is 70.0 Å². The van der Waals surface area contributed by atoms with Crippen molar-refractivity contribution in [3.8, 4) is 0 Å². The molecule has 0 fully saturated rings. The highest BCUT2D eigenvalue weighted by Crippen LogP contribution is 2.24. The highest BCUT2D eigenvalue weighted by Gasteiger charge is 2.13. The normalized spacial score (nSPS) is 12.4. The molecule has 0 spiro atoms. The topological polar surface area (TPSA) is 0 Å². The zero-order chi connectivity index (χ0) is 14.5. The van der Waals surface area contributed by atoms with Crippen LogP contribution in [0.25, 0.3) is 0 Å². The second-order valence-corrected chi connectivity index (χ2v) is 5.81. The molecule has 0 aliphatic heterocycles. The van der Waals surface area contributed by atoms with Crippen molar-refractivity contribution in [2.24, 2.45) is 5.92 Å². The molecule has 0 heterocycles. The number of halogens is 3. The van der Waals surface area contributed by atoms with E-state index in [1.807, 2.05) is 12.1 Å². The van der Waals surface area contributed by atoms with Crippen LogP contribution in [0.3, 0.4) is 0 Å². The fraction of sp³-hybridized carbons (Fsp3) is 0.294. The molecule has 0 aromatic heterocycles. The van der Waals surface area contributed by atoms with Crippen LogP contribution in [0.15, 0.2) is 42.5 Å². The van der Waals surface area contributed by atoms with Gasteiger partial charge in [0.05, 0.1) is 0 Å². The summed E-state index contributed by atoms with van der Waals surface area (Å²) >= 11 is 12.2. The van der Waals surface area contributed by atoms with Gasteiger partial charge in [-0.15, -0.1) is 11.6 Å². The Balaban J connectivity index is 2.11. The first kappa shape index (κ1) is 15.3. The summed E-state index contributed by atoms with van der Waals surface area (Å²) in [5.41, 5.74) is 3.52. The summed E-state index contributed by atoms with van der Waals surface area (Å²) in [6.45, 7) is 2.10. The molecule has 0 N–H and O–H groups in total. The minimum Gasteiger partial charge on any atom is -0.207 e. The van der Waals surface area contributed by atoms with Gasteiger partial charge in [-0.3, -0.25) is 0 Å². The lowest BCUT2D eigenvalue weighted by atomic mass is 9.92. The van der Waals surface area contributed by atoms with Crippen LogP contribution in [0, 0.1) is 18.7 Å². The number of alkyl halides is 1. The summed E-state index contributed by atoms with van der Waals surface area (Å²) in [7, 11) is 0. The first-order chi connectivity index (χ1) is 9.60. The Morgan fingerprint density at radius 1 is 1.05 bits per heavy atom. The Morgan fingerprint density at radius 2 is 1.75 bits per heavy atom. The lowest BCUT2D eigenvalue weighted by Crippen LogP contribution is -2.11. The maximum atomic E-state index is 13.1. The third-order valence-corrected chi connectivity index (χ3v) is 4.30. The second kappa shape index (κ2) is 7.10. The smallest absolute Gasteiger partial charge is 0.124 e. The molecule has 20 heavy (non-hydrogen) atoms. The first-order valence-electron chi connectivity index (χ1n) is 6.64. The Labute approximate surface area is 129 Å². The van der Waals surface area contributed by atoms with Crippen molar-refractivity contribution in [2.45, 2.75) is 19.8 Å². The molecule has 0 bridgehead atoms. The van der Waals surface area contributed by atoms with Crippen molar-refractivity contribution < 1.29 is 4.39 Å². The van der Waals surface area contributed by atoms with E-state index in [1.54, 1.807) is 6.07 Å². The van der Waals surface area contributed by atoms with E-state index < -0.39 is 0 Å². The van der Waals surface area contributed by atoms with Gasteiger partial charge in [0, 0.05) is 10.9 Å². The summed E-state index contributed by atoms with van der Waals surface area (Å²) in [6.07, 6.45) is 1.67. The molecule has 106 valence electrons. The molecule has 0 saturated carbocycles. The van der Waals surface area contributed by atoms with Crippen LogP contribution in [0.5, 0.6) is 0 Å². The predicted octanol–water partition coefficient (Wildman–Crippen LogP) is 5.43. The molecule has 0 radical (unpaired) electrons. The van der Waals surface area contributed by atoms with Crippen molar-refractivity contribution >= 4 is 23.2 Å². The minimum absolute atomic E-state index is 0.292. The lowest BCUT2D eigenvalue weighted by Gasteiger charge is -2.16. The highest BCUT2D eigenvalue weighted by atomic mass is 35.5. The second-order valence-electron chi connectivity index (χ2n) is 5.09. The molecular formula is C17H17Cl2F. The molecule has 3 heteroatoms. The van der Waals surface area contributed by atoms with E-state index >= 15 is 0 Å². The van der Waals surface area contributed by atoms with Gasteiger partial charge in [-0.25, -0.2) is 4.39 Å². The van der Waals surface area contributed by atoms with E-state index in [0.717, 1.165) is 18.4 Å². The Bertz CT molecular complexity index is 581. The lowest BCUT2D eigenvalue weighted by molar-refractivity contribution is 0.579. The van der Waals surface area contributed by atoms with Crippen LogP contribution in [0.1, 0.15) is 16.7 Å². The number of rotatable bonds is 5. The van der Waals surface area contributed by atoms with E-state index in [0.29, 0.717) is 16.8 Å². The molecule has 2 aromatic rings. The van der Waals surface area contributed by atoms with Crippen LogP contribution < -0.4 is 0 Å². The quantitative estimate of drug-likeness (QED) is 0.646. The molecule has 2 rings (SSSR count). The van der Waals surface area contributed by atoms with Crippen molar-refractivity contribution in [3.63, 3.8) is 0 Å². The number of benzene rings is 2. The summed E-state index contributed by atoms with van der Waals surface area (Å²) in [5, 5.41) is 0.477. The summed E-state index contributed by atoms with van der Waals surface area (Å²) in [5.74, 6) is 0.544. The van der Waals surface area contributed by atoms with Gasteiger partial charge >= 0.3 is 0 Å². The van der Waals surface area contributed by atoms with Crippen LogP contribution in [-0.4, -0.2) is 5.88 Å². The van der Waals surface area contributed by atoms with Gasteiger partial charge in [-0.2, -0.15) is 0 Å². The summed E-state index contributed by atoms with van der Waals surface area (Å²) < 4.78 is 13.1. The predicted molar refractivity (Wildman–Crippen MR) is 84.2 cm³/mol. The van der Waals surface area contributed by atoms with Gasteiger partial charge in [0.1, 0.15) is 5.82 Å².